The number of ether oxygens (including phenoxy) is 2. The van der Waals surface area contributed by atoms with E-state index in [1.807, 2.05) is 0 Å². The van der Waals surface area contributed by atoms with Crippen LogP contribution < -0.4 is 14.8 Å². The third-order valence-corrected chi connectivity index (χ3v) is 4.76. The van der Waals surface area contributed by atoms with E-state index in [-0.39, 0.29) is 18.0 Å². The summed E-state index contributed by atoms with van der Waals surface area (Å²) in [6.07, 6.45) is 0. The van der Waals surface area contributed by atoms with Crippen molar-refractivity contribution in [3.63, 3.8) is 0 Å². The molecule has 2 rings (SSSR count). The molecule has 0 saturated heterocycles. The SMILES string of the molecule is COc1cc(CNc2ccc(S(=O)(=O)C(F)F)cc2)ccc1OC(F)F. The quantitative estimate of drug-likeness (QED) is 0.689. The summed E-state index contributed by atoms with van der Waals surface area (Å²) < 4.78 is 81.6. The standard InChI is InChI=1S/C16H15F4NO4S/c1-24-14-8-10(2-7-13(14)25-15(17)18)9-21-11-3-5-12(6-4-11)26(22,23)16(19)20/h2-8,15-16,21H,9H2,1H3. The molecule has 0 saturated carbocycles. The van der Waals surface area contributed by atoms with E-state index in [0.29, 0.717) is 11.3 Å². The van der Waals surface area contributed by atoms with E-state index in [2.05, 4.69) is 10.1 Å². The van der Waals surface area contributed by atoms with E-state index in [4.69, 9.17) is 4.74 Å². The summed E-state index contributed by atoms with van der Waals surface area (Å²) in [4.78, 5) is -0.479. The van der Waals surface area contributed by atoms with Gasteiger partial charge in [-0.05, 0) is 42.0 Å². The second kappa shape index (κ2) is 8.26. The van der Waals surface area contributed by atoms with Gasteiger partial charge < -0.3 is 14.8 Å². The molecule has 1 N–H and O–H groups in total. The van der Waals surface area contributed by atoms with E-state index in [9.17, 15) is 26.0 Å². The highest BCUT2D eigenvalue weighted by atomic mass is 32.2. The van der Waals surface area contributed by atoms with Crippen LogP contribution in [0.2, 0.25) is 0 Å². The van der Waals surface area contributed by atoms with Crippen LogP contribution in [0.4, 0.5) is 23.2 Å². The molecule has 0 aromatic heterocycles. The lowest BCUT2D eigenvalue weighted by atomic mass is 10.2. The summed E-state index contributed by atoms with van der Waals surface area (Å²) in [6.45, 7) is -2.72. The highest BCUT2D eigenvalue weighted by molar-refractivity contribution is 7.91. The van der Waals surface area contributed by atoms with Gasteiger partial charge in [0.1, 0.15) is 0 Å². The number of rotatable bonds is 8. The minimum absolute atomic E-state index is 0.104. The van der Waals surface area contributed by atoms with Crippen molar-refractivity contribution in [1.29, 1.82) is 0 Å². The molecule has 0 fully saturated rings. The average molecular weight is 393 g/mol. The van der Waals surface area contributed by atoms with Crippen molar-refractivity contribution in [2.75, 3.05) is 12.4 Å². The van der Waals surface area contributed by atoms with Crippen molar-refractivity contribution in [3.8, 4) is 11.5 Å². The first-order chi connectivity index (χ1) is 12.2. The number of benzene rings is 2. The third kappa shape index (κ3) is 4.78. The molecule has 2 aromatic carbocycles. The molecule has 26 heavy (non-hydrogen) atoms. The van der Waals surface area contributed by atoms with Crippen molar-refractivity contribution in [2.24, 2.45) is 0 Å². The lowest BCUT2D eigenvalue weighted by Gasteiger charge is -2.12. The van der Waals surface area contributed by atoms with Gasteiger partial charge in [0.2, 0.25) is 9.84 Å². The van der Waals surface area contributed by atoms with Gasteiger partial charge in [0, 0.05) is 12.2 Å². The van der Waals surface area contributed by atoms with Gasteiger partial charge in [0.05, 0.1) is 12.0 Å². The Balaban J connectivity index is 2.07. The molecule has 0 atom stereocenters. The minimum Gasteiger partial charge on any atom is -0.493 e. The van der Waals surface area contributed by atoms with Gasteiger partial charge in [-0.1, -0.05) is 6.07 Å². The van der Waals surface area contributed by atoms with E-state index in [1.165, 1.54) is 31.4 Å². The molecule has 0 aliphatic heterocycles. The van der Waals surface area contributed by atoms with Gasteiger partial charge in [-0.3, -0.25) is 0 Å². The predicted molar refractivity (Wildman–Crippen MR) is 86.6 cm³/mol. The Morgan fingerprint density at radius 3 is 2.19 bits per heavy atom. The van der Waals surface area contributed by atoms with Crippen molar-refractivity contribution >= 4 is 15.5 Å². The summed E-state index contributed by atoms with van der Waals surface area (Å²) in [5, 5.41) is 2.95. The Bertz CT molecular complexity index is 842. The van der Waals surface area contributed by atoms with Crippen LogP contribution in [0.3, 0.4) is 0 Å². The molecule has 10 heteroatoms. The summed E-state index contributed by atoms with van der Waals surface area (Å²) in [5.74, 6) is -3.46. The zero-order valence-corrected chi connectivity index (χ0v) is 14.3. The predicted octanol–water partition coefficient (Wildman–Crippen LogP) is 3.91. The smallest absolute Gasteiger partial charge is 0.387 e. The molecular formula is C16H15F4NO4S. The van der Waals surface area contributed by atoms with Crippen LogP contribution in [0.5, 0.6) is 11.5 Å². The summed E-state index contributed by atoms with van der Waals surface area (Å²) in [6, 6.07) is 9.22. The van der Waals surface area contributed by atoms with Gasteiger partial charge in [-0.2, -0.15) is 17.6 Å². The first-order valence-corrected chi connectivity index (χ1v) is 8.76. The summed E-state index contributed by atoms with van der Waals surface area (Å²) >= 11 is 0. The third-order valence-electron chi connectivity index (χ3n) is 3.36. The Morgan fingerprint density at radius 2 is 1.65 bits per heavy atom. The van der Waals surface area contributed by atoms with Crippen LogP contribution >= 0.6 is 0 Å². The van der Waals surface area contributed by atoms with Gasteiger partial charge in [0.15, 0.2) is 11.5 Å². The van der Waals surface area contributed by atoms with E-state index in [1.54, 1.807) is 6.07 Å². The number of nitrogens with one attached hydrogen (secondary N) is 1. The molecule has 0 aliphatic carbocycles. The maximum atomic E-state index is 12.5. The number of sulfone groups is 1. The van der Waals surface area contributed by atoms with Crippen molar-refractivity contribution in [2.45, 2.75) is 23.8 Å². The van der Waals surface area contributed by atoms with E-state index >= 15 is 0 Å². The van der Waals surface area contributed by atoms with Crippen molar-refractivity contribution < 1.29 is 35.5 Å². The highest BCUT2D eigenvalue weighted by Gasteiger charge is 2.26. The maximum Gasteiger partial charge on any atom is 0.387 e. The lowest BCUT2D eigenvalue weighted by Crippen LogP contribution is -2.11. The van der Waals surface area contributed by atoms with Gasteiger partial charge in [-0.15, -0.1) is 0 Å². The normalized spacial score (nSPS) is 11.7. The number of hydrogen-bond donors (Lipinski definition) is 1. The molecular weight excluding hydrogens is 378 g/mol. The molecule has 0 aliphatic rings. The molecule has 0 radical (unpaired) electrons. The highest BCUT2D eigenvalue weighted by Crippen LogP contribution is 2.29. The molecule has 142 valence electrons. The Hall–Kier alpha value is -2.49. The number of alkyl halides is 4. The van der Waals surface area contributed by atoms with E-state index in [0.717, 1.165) is 12.1 Å². The Labute approximate surface area is 147 Å². The summed E-state index contributed by atoms with van der Waals surface area (Å²) in [5.41, 5.74) is 1.16. The molecule has 5 nitrogen and oxygen atoms in total. The topological polar surface area (TPSA) is 64.6 Å². The van der Waals surface area contributed by atoms with Crippen LogP contribution in [0, 0.1) is 0 Å². The average Bonchev–Trinajstić information content (AvgIpc) is 2.60. The Morgan fingerprint density at radius 1 is 1.00 bits per heavy atom. The number of anilines is 1. The van der Waals surface area contributed by atoms with Crippen molar-refractivity contribution in [1.82, 2.24) is 0 Å². The number of halogens is 4. The van der Waals surface area contributed by atoms with Crippen LogP contribution in [0.15, 0.2) is 47.4 Å². The van der Waals surface area contributed by atoms with Gasteiger partial charge in [-0.25, -0.2) is 8.42 Å². The van der Waals surface area contributed by atoms with Crippen molar-refractivity contribution in [3.05, 3.63) is 48.0 Å². The molecule has 0 heterocycles. The minimum atomic E-state index is -4.64. The monoisotopic (exact) mass is 393 g/mol. The summed E-state index contributed by atoms with van der Waals surface area (Å²) in [7, 11) is -3.32. The zero-order valence-electron chi connectivity index (χ0n) is 13.5. The molecule has 0 spiro atoms. The largest absolute Gasteiger partial charge is 0.493 e. The fraction of sp³-hybridized carbons (Fsp3) is 0.250. The molecule has 2 aromatic rings. The fourth-order valence-corrected chi connectivity index (χ4v) is 2.81. The van der Waals surface area contributed by atoms with Crippen LogP contribution in [-0.4, -0.2) is 27.9 Å². The molecule has 0 amide bonds. The van der Waals surface area contributed by atoms with E-state index < -0.39 is 27.1 Å². The molecule has 0 bridgehead atoms. The van der Waals surface area contributed by atoms with Gasteiger partial charge in [0.25, 0.3) is 0 Å². The lowest BCUT2D eigenvalue weighted by molar-refractivity contribution is -0.0512. The second-order valence-electron chi connectivity index (χ2n) is 5.05. The number of hydrogen-bond acceptors (Lipinski definition) is 5. The van der Waals surface area contributed by atoms with Crippen LogP contribution in [0.25, 0.3) is 0 Å². The van der Waals surface area contributed by atoms with Gasteiger partial charge >= 0.3 is 12.4 Å². The first kappa shape index (κ1) is 19.8. The molecule has 0 unspecified atom stereocenters. The maximum absolute atomic E-state index is 12.5. The van der Waals surface area contributed by atoms with Crippen LogP contribution in [-0.2, 0) is 16.4 Å². The second-order valence-corrected chi connectivity index (χ2v) is 6.97. The van der Waals surface area contributed by atoms with Crippen LogP contribution in [0.1, 0.15) is 5.56 Å². The Kier molecular flexibility index (Phi) is 6.30. The first-order valence-electron chi connectivity index (χ1n) is 7.21. The zero-order chi connectivity index (χ0) is 19.3. The fourth-order valence-electron chi connectivity index (χ4n) is 2.08. The number of methoxy groups -OCH3 is 1.